The number of aromatic nitrogens is 2. The first-order valence-corrected chi connectivity index (χ1v) is 20.9. The van der Waals surface area contributed by atoms with Gasteiger partial charge in [-0.15, -0.1) is 0 Å². The molecule has 0 fully saturated rings. The highest BCUT2D eigenvalue weighted by molar-refractivity contribution is 6.14. The number of hydrogen-bond donors (Lipinski definition) is 0. The van der Waals surface area contributed by atoms with Gasteiger partial charge in [0.2, 0.25) is 0 Å². The fraction of sp³-hybridized carbons (Fsp3) is 0. The van der Waals surface area contributed by atoms with Gasteiger partial charge >= 0.3 is 0 Å². The molecule has 3 heteroatoms. The standard InChI is InChI=1S/C58H39N3/c1-2-15-45(16-3-1)61-57-24-11-8-19-53(57)54-21-12-20-50(58(54)61)42-29-33-47(34-30-42)59(46-31-27-41(28-32-46)44-26-25-40-13-4-5-14-43(40)39-44)48-35-37-49(38-36-48)60-55-22-9-6-17-51(55)52-18-7-10-23-56(52)60/h1-39H. The van der Waals surface area contributed by atoms with E-state index >= 15 is 0 Å². The summed E-state index contributed by atoms with van der Waals surface area (Å²) in [5.74, 6) is 0. The maximum Gasteiger partial charge on any atom is 0.0619 e. The van der Waals surface area contributed by atoms with Gasteiger partial charge in [0.05, 0.1) is 22.1 Å². The van der Waals surface area contributed by atoms with Crippen LogP contribution < -0.4 is 4.90 Å². The summed E-state index contributed by atoms with van der Waals surface area (Å²) in [6.07, 6.45) is 0. The Morgan fingerprint density at radius 3 is 1.38 bits per heavy atom. The van der Waals surface area contributed by atoms with Crippen molar-refractivity contribution >= 4 is 71.4 Å². The van der Waals surface area contributed by atoms with Crippen LogP contribution in [0.5, 0.6) is 0 Å². The molecule has 10 aromatic carbocycles. The molecule has 0 saturated heterocycles. The molecule has 0 spiro atoms. The molecule has 0 saturated carbocycles. The van der Waals surface area contributed by atoms with Gasteiger partial charge in [0, 0.05) is 55.5 Å². The van der Waals surface area contributed by atoms with E-state index in [1.165, 1.54) is 76.6 Å². The molecule has 0 amide bonds. The average molecular weight is 778 g/mol. The highest BCUT2D eigenvalue weighted by atomic mass is 15.1. The minimum Gasteiger partial charge on any atom is -0.311 e. The summed E-state index contributed by atoms with van der Waals surface area (Å²) in [7, 11) is 0. The van der Waals surface area contributed by atoms with Gasteiger partial charge in [0.25, 0.3) is 0 Å². The van der Waals surface area contributed by atoms with Crippen molar-refractivity contribution in [3.05, 3.63) is 237 Å². The Balaban J connectivity index is 0.978. The highest BCUT2D eigenvalue weighted by Gasteiger charge is 2.19. The molecule has 0 atom stereocenters. The Morgan fingerprint density at radius 1 is 0.279 bits per heavy atom. The number of anilines is 3. The van der Waals surface area contributed by atoms with Gasteiger partial charge in [-0.25, -0.2) is 0 Å². The molecular weight excluding hydrogens is 739 g/mol. The van der Waals surface area contributed by atoms with Crippen molar-refractivity contribution in [3.63, 3.8) is 0 Å². The Kier molecular flexibility index (Phi) is 8.17. The van der Waals surface area contributed by atoms with Gasteiger partial charge < -0.3 is 14.0 Å². The van der Waals surface area contributed by atoms with Gasteiger partial charge in [-0.05, 0) is 112 Å². The van der Waals surface area contributed by atoms with E-state index in [1.807, 2.05) is 0 Å². The number of fused-ring (bicyclic) bond motifs is 7. The topological polar surface area (TPSA) is 13.1 Å². The summed E-state index contributed by atoms with van der Waals surface area (Å²) in [5.41, 5.74) is 15.1. The van der Waals surface area contributed by atoms with Crippen LogP contribution in [-0.2, 0) is 0 Å². The number of benzene rings is 10. The van der Waals surface area contributed by atoms with Crippen molar-refractivity contribution in [2.24, 2.45) is 0 Å². The summed E-state index contributed by atoms with van der Waals surface area (Å²) >= 11 is 0. The summed E-state index contributed by atoms with van der Waals surface area (Å²) in [5, 5.41) is 7.51. The lowest BCUT2D eigenvalue weighted by atomic mass is 10.00. The fourth-order valence-corrected chi connectivity index (χ4v) is 9.46. The van der Waals surface area contributed by atoms with E-state index in [0.717, 1.165) is 28.4 Å². The number of hydrogen-bond acceptors (Lipinski definition) is 1. The second kappa shape index (κ2) is 14.3. The van der Waals surface area contributed by atoms with Gasteiger partial charge in [-0.3, -0.25) is 0 Å². The van der Waals surface area contributed by atoms with E-state index in [1.54, 1.807) is 0 Å². The Hall–Kier alpha value is -8.14. The zero-order chi connectivity index (χ0) is 40.3. The lowest BCUT2D eigenvalue weighted by Gasteiger charge is -2.26. The summed E-state index contributed by atoms with van der Waals surface area (Å²) in [6, 6.07) is 85.9. The predicted molar refractivity (Wildman–Crippen MR) is 258 cm³/mol. The van der Waals surface area contributed by atoms with Crippen molar-refractivity contribution in [1.82, 2.24) is 9.13 Å². The second-order valence-corrected chi connectivity index (χ2v) is 15.8. The van der Waals surface area contributed by atoms with E-state index in [0.29, 0.717) is 0 Å². The first-order chi connectivity index (χ1) is 30.3. The largest absolute Gasteiger partial charge is 0.311 e. The summed E-state index contributed by atoms with van der Waals surface area (Å²) < 4.78 is 4.79. The molecule has 0 bridgehead atoms. The van der Waals surface area contributed by atoms with Crippen molar-refractivity contribution in [2.45, 2.75) is 0 Å². The zero-order valence-electron chi connectivity index (χ0n) is 33.4. The third-order valence-electron chi connectivity index (χ3n) is 12.3. The van der Waals surface area contributed by atoms with Crippen LogP contribution >= 0.6 is 0 Å². The molecule has 2 heterocycles. The maximum atomic E-state index is 2.41. The van der Waals surface area contributed by atoms with Crippen molar-refractivity contribution in [2.75, 3.05) is 4.90 Å². The summed E-state index contributed by atoms with van der Waals surface area (Å²) in [6.45, 7) is 0. The Morgan fingerprint density at radius 2 is 0.738 bits per heavy atom. The molecule has 3 nitrogen and oxygen atoms in total. The quantitative estimate of drug-likeness (QED) is 0.157. The smallest absolute Gasteiger partial charge is 0.0619 e. The number of nitrogens with zero attached hydrogens (tertiary/aromatic N) is 3. The molecule has 2 aromatic heterocycles. The molecule has 0 aliphatic carbocycles. The van der Waals surface area contributed by atoms with Crippen molar-refractivity contribution < 1.29 is 0 Å². The van der Waals surface area contributed by atoms with Crippen LogP contribution in [0.4, 0.5) is 17.1 Å². The molecule has 0 aliphatic rings. The monoisotopic (exact) mass is 777 g/mol. The van der Waals surface area contributed by atoms with Crippen LogP contribution in [-0.4, -0.2) is 9.13 Å². The molecule has 12 aromatic rings. The van der Waals surface area contributed by atoms with Gasteiger partial charge in [0.15, 0.2) is 0 Å². The van der Waals surface area contributed by atoms with Crippen LogP contribution in [0.2, 0.25) is 0 Å². The third-order valence-corrected chi connectivity index (χ3v) is 12.3. The van der Waals surface area contributed by atoms with E-state index in [2.05, 4.69) is 251 Å². The first kappa shape index (κ1) is 34.9. The van der Waals surface area contributed by atoms with Gasteiger partial charge in [-0.1, -0.05) is 152 Å². The normalized spacial score (nSPS) is 11.6. The lowest BCUT2D eigenvalue weighted by Crippen LogP contribution is -2.10. The first-order valence-electron chi connectivity index (χ1n) is 20.9. The molecule has 61 heavy (non-hydrogen) atoms. The Labute approximate surface area is 354 Å². The zero-order valence-corrected chi connectivity index (χ0v) is 33.4. The lowest BCUT2D eigenvalue weighted by molar-refractivity contribution is 1.17. The fourth-order valence-electron chi connectivity index (χ4n) is 9.46. The van der Waals surface area contributed by atoms with E-state index in [9.17, 15) is 0 Å². The molecule has 0 radical (unpaired) electrons. The van der Waals surface area contributed by atoms with Crippen molar-refractivity contribution in [3.8, 4) is 33.6 Å². The van der Waals surface area contributed by atoms with Gasteiger partial charge in [0.1, 0.15) is 0 Å². The van der Waals surface area contributed by atoms with Crippen molar-refractivity contribution in [1.29, 1.82) is 0 Å². The van der Waals surface area contributed by atoms with Crippen LogP contribution in [0.15, 0.2) is 237 Å². The molecule has 0 N–H and O–H groups in total. The number of rotatable bonds is 7. The predicted octanol–water partition coefficient (Wildman–Crippen LogP) is 15.8. The van der Waals surface area contributed by atoms with E-state index < -0.39 is 0 Å². The van der Waals surface area contributed by atoms with E-state index in [-0.39, 0.29) is 0 Å². The SMILES string of the molecule is c1ccc(-n2c3ccccc3c3cccc(-c4ccc(N(c5ccc(-c6ccc7ccccc7c6)cc5)c5ccc(-n6c7ccccc7c7ccccc76)cc5)cc4)c32)cc1. The molecule has 0 aliphatic heterocycles. The average Bonchev–Trinajstić information content (AvgIpc) is 3.86. The molecule has 12 rings (SSSR count). The minimum atomic E-state index is 1.09. The van der Waals surface area contributed by atoms with Crippen LogP contribution in [0.25, 0.3) is 88.0 Å². The third kappa shape index (κ3) is 5.82. The van der Waals surface area contributed by atoms with Crippen LogP contribution in [0, 0.1) is 0 Å². The van der Waals surface area contributed by atoms with E-state index in [4.69, 9.17) is 0 Å². The van der Waals surface area contributed by atoms with Crippen LogP contribution in [0.3, 0.4) is 0 Å². The molecular formula is C58H39N3. The molecule has 286 valence electrons. The minimum absolute atomic E-state index is 1.09. The van der Waals surface area contributed by atoms with Gasteiger partial charge in [-0.2, -0.15) is 0 Å². The Bertz CT molecular complexity index is 3500. The second-order valence-electron chi connectivity index (χ2n) is 15.8. The molecule has 0 unspecified atom stereocenters. The van der Waals surface area contributed by atoms with Crippen LogP contribution in [0.1, 0.15) is 0 Å². The summed E-state index contributed by atoms with van der Waals surface area (Å²) in [4.78, 5) is 2.37. The number of para-hydroxylation sites is 5. The maximum absolute atomic E-state index is 2.41. The highest BCUT2D eigenvalue weighted by Crippen LogP contribution is 2.41.